The van der Waals surface area contributed by atoms with Crippen molar-refractivity contribution < 1.29 is 21.6 Å². The van der Waals surface area contributed by atoms with Crippen LogP contribution in [-0.4, -0.2) is 34.3 Å². The number of carbonyl (C=O) groups excluding carboxylic acids is 1. The third-order valence-electron chi connectivity index (χ3n) is 5.18. The molecule has 0 aliphatic carbocycles. The van der Waals surface area contributed by atoms with Gasteiger partial charge in [0, 0.05) is 22.3 Å². The van der Waals surface area contributed by atoms with Gasteiger partial charge in [-0.25, -0.2) is 21.8 Å². The minimum atomic E-state index is -4.21. The molecule has 0 spiro atoms. The molecule has 0 fully saturated rings. The Labute approximate surface area is 234 Å². The summed E-state index contributed by atoms with van der Waals surface area (Å²) in [4.78, 5) is 16.8. The summed E-state index contributed by atoms with van der Waals surface area (Å²) in [5, 5.41) is 4.76. The lowest BCUT2D eigenvalue weighted by atomic mass is 10.2. The molecule has 4 rings (SSSR count). The molecule has 0 radical (unpaired) electrons. The van der Waals surface area contributed by atoms with Crippen molar-refractivity contribution in [3.05, 3.63) is 93.9 Å². The second-order valence-corrected chi connectivity index (χ2v) is 13.2. The fraction of sp³-hybridized carbons (Fsp3) is 0.0833. The molecule has 1 heterocycles. The van der Waals surface area contributed by atoms with Gasteiger partial charge >= 0.3 is 0 Å². The van der Waals surface area contributed by atoms with Crippen molar-refractivity contribution in [3.63, 3.8) is 0 Å². The molecule has 0 bridgehead atoms. The van der Waals surface area contributed by atoms with Crippen LogP contribution in [0.15, 0.2) is 88.1 Å². The number of aromatic nitrogens is 1. The van der Waals surface area contributed by atoms with Gasteiger partial charge in [0.25, 0.3) is 20.0 Å². The van der Waals surface area contributed by atoms with Gasteiger partial charge in [-0.15, -0.1) is 11.3 Å². The van der Waals surface area contributed by atoms with E-state index in [0.29, 0.717) is 0 Å². The number of nitrogens with one attached hydrogen (secondary N) is 2. The van der Waals surface area contributed by atoms with Crippen LogP contribution in [0.2, 0.25) is 10.0 Å². The molecule has 0 aliphatic rings. The molecule has 1 aromatic heterocycles. The number of anilines is 3. The van der Waals surface area contributed by atoms with E-state index in [9.17, 15) is 21.6 Å². The zero-order valence-electron chi connectivity index (χ0n) is 19.6. The van der Waals surface area contributed by atoms with E-state index in [-0.39, 0.29) is 36.3 Å². The Balaban J connectivity index is 1.57. The summed E-state index contributed by atoms with van der Waals surface area (Å²) in [5.74, 6) is -0.687. The zero-order chi connectivity index (χ0) is 27.5. The number of benzene rings is 3. The Morgan fingerprint density at radius 2 is 1.61 bits per heavy atom. The zero-order valence-corrected chi connectivity index (χ0v) is 23.6. The maximum atomic E-state index is 13.5. The topological polar surface area (TPSA) is 126 Å². The number of amides is 1. The molecular weight excluding hydrogens is 591 g/mol. The number of aryl methyl sites for hydroxylation is 1. The average Bonchev–Trinajstić information content (AvgIpc) is 3.37. The fourth-order valence-electron chi connectivity index (χ4n) is 3.31. The molecule has 0 unspecified atom stereocenters. The van der Waals surface area contributed by atoms with E-state index >= 15 is 0 Å². The van der Waals surface area contributed by atoms with Gasteiger partial charge in [-0.2, -0.15) is 0 Å². The highest BCUT2D eigenvalue weighted by molar-refractivity contribution is 7.93. The van der Waals surface area contributed by atoms with Crippen LogP contribution in [0.4, 0.5) is 16.5 Å². The summed E-state index contributed by atoms with van der Waals surface area (Å²) in [5.41, 5.74) is 1.15. The Morgan fingerprint density at radius 1 is 0.947 bits per heavy atom. The first-order valence-electron chi connectivity index (χ1n) is 10.8. The average molecular weight is 612 g/mol. The van der Waals surface area contributed by atoms with Crippen molar-refractivity contribution in [2.24, 2.45) is 0 Å². The van der Waals surface area contributed by atoms with Crippen LogP contribution in [0, 0.1) is 6.92 Å². The molecule has 198 valence electrons. The predicted molar refractivity (Wildman–Crippen MR) is 150 cm³/mol. The molecule has 4 aromatic rings. The minimum Gasteiger partial charge on any atom is -0.325 e. The molecule has 14 heteroatoms. The van der Waals surface area contributed by atoms with Crippen LogP contribution >= 0.6 is 34.5 Å². The lowest BCUT2D eigenvalue weighted by Gasteiger charge is -2.25. The Hall–Kier alpha value is -3.16. The van der Waals surface area contributed by atoms with Crippen molar-refractivity contribution >= 4 is 77.0 Å². The number of hydrogen-bond donors (Lipinski definition) is 2. The maximum Gasteiger partial charge on any atom is 0.264 e. The summed E-state index contributed by atoms with van der Waals surface area (Å²) in [7, 11) is -8.09. The molecule has 9 nitrogen and oxygen atoms in total. The lowest BCUT2D eigenvalue weighted by Crippen LogP contribution is -2.38. The van der Waals surface area contributed by atoms with Gasteiger partial charge in [0.2, 0.25) is 5.91 Å². The highest BCUT2D eigenvalue weighted by Gasteiger charge is 2.29. The van der Waals surface area contributed by atoms with Gasteiger partial charge in [0.05, 0.1) is 20.5 Å². The Morgan fingerprint density at radius 3 is 2.24 bits per heavy atom. The number of rotatable bonds is 9. The smallest absolute Gasteiger partial charge is 0.264 e. The van der Waals surface area contributed by atoms with E-state index in [4.69, 9.17) is 23.2 Å². The second-order valence-electron chi connectivity index (χ2n) is 7.94. The summed E-state index contributed by atoms with van der Waals surface area (Å²) >= 11 is 13.5. The van der Waals surface area contributed by atoms with Crippen molar-refractivity contribution in [1.29, 1.82) is 0 Å². The molecule has 0 saturated heterocycles. The van der Waals surface area contributed by atoms with E-state index in [2.05, 4.69) is 15.0 Å². The highest BCUT2D eigenvalue weighted by atomic mass is 35.5. The lowest BCUT2D eigenvalue weighted by molar-refractivity contribution is -0.114. The largest absolute Gasteiger partial charge is 0.325 e. The summed E-state index contributed by atoms with van der Waals surface area (Å²) in [6, 6.07) is 15.8. The number of nitrogens with zero attached hydrogens (tertiary/aromatic N) is 2. The number of hydrogen-bond acceptors (Lipinski definition) is 7. The van der Waals surface area contributed by atoms with Gasteiger partial charge in [-0.1, -0.05) is 40.9 Å². The van der Waals surface area contributed by atoms with Gasteiger partial charge in [-0.3, -0.25) is 13.8 Å². The SMILES string of the molecule is Cc1ccc(S(=O)(=O)N(CC(=O)Nc2ccc(S(=O)(=O)Nc3nccs3)cc2)c2cc(Cl)ccc2Cl)cc1. The van der Waals surface area contributed by atoms with E-state index in [1.807, 2.05) is 6.92 Å². The summed E-state index contributed by atoms with van der Waals surface area (Å²) in [6.45, 7) is 1.20. The number of thiazole rings is 1. The van der Waals surface area contributed by atoms with Crippen molar-refractivity contribution in [3.8, 4) is 0 Å². The van der Waals surface area contributed by atoms with Crippen LogP contribution < -0.4 is 14.3 Å². The van der Waals surface area contributed by atoms with E-state index in [1.165, 1.54) is 60.8 Å². The van der Waals surface area contributed by atoms with Crippen LogP contribution in [0.1, 0.15) is 5.56 Å². The fourth-order valence-corrected chi connectivity index (χ4v) is 6.97. The molecule has 38 heavy (non-hydrogen) atoms. The first-order valence-corrected chi connectivity index (χ1v) is 15.4. The molecule has 0 atom stereocenters. The second kappa shape index (κ2) is 11.3. The molecule has 2 N–H and O–H groups in total. The molecule has 3 aromatic carbocycles. The number of carbonyl (C=O) groups is 1. The van der Waals surface area contributed by atoms with E-state index in [1.54, 1.807) is 17.5 Å². The standard InChI is InChI=1S/C24H20Cl2N4O5S3/c1-16-2-7-20(8-3-16)38(34,35)30(22-14-17(25)4-11-21(22)26)15-23(31)28-18-5-9-19(10-6-18)37(32,33)29-24-27-12-13-36-24/h2-14H,15H2,1H3,(H,27,29)(H,28,31). The Bertz CT molecular complexity index is 1660. The van der Waals surface area contributed by atoms with Crippen molar-refractivity contribution in [2.75, 3.05) is 20.9 Å². The van der Waals surface area contributed by atoms with E-state index < -0.39 is 32.5 Å². The van der Waals surface area contributed by atoms with Crippen LogP contribution in [0.25, 0.3) is 0 Å². The van der Waals surface area contributed by atoms with Gasteiger partial charge < -0.3 is 5.32 Å². The monoisotopic (exact) mass is 610 g/mol. The van der Waals surface area contributed by atoms with Crippen LogP contribution in [0.3, 0.4) is 0 Å². The third kappa shape index (κ3) is 6.45. The van der Waals surface area contributed by atoms with Crippen LogP contribution in [0.5, 0.6) is 0 Å². The Kier molecular flexibility index (Phi) is 8.28. The first-order chi connectivity index (χ1) is 18.0. The van der Waals surface area contributed by atoms with Gasteiger partial charge in [0.1, 0.15) is 6.54 Å². The normalized spacial score (nSPS) is 11.7. The first kappa shape index (κ1) is 27.9. The quantitative estimate of drug-likeness (QED) is 0.261. The van der Waals surface area contributed by atoms with Crippen LogP contribution in [-0.2, 0) is 24.8 Å². The molecular formula is C24H20Cl2N4O5S3. The predicted octanol–water partition coefficient (Wildman–Crippen LogP) is 5.39. The van der Waals surface area contributed by atoms with Crippen molar-refractivity contribution in [2.45, 2.75) is 16.7 Å². The van der Waals surface area contributed by atoms with E-state index in [0.717, 1.165) is 21.2 Å². The summed E-state index contributed by atoms with van der Waals surface area (Å²) < 4.78 is 55.4. The molecule has 0 aliphatic heterocycles. The maximum absolute atomic E-state index is 13.5. The molecule has 0 saturated carbocycles. The highest BCUT2D eigenvalue weighted by Crippen LogP contribution is 2.33. The van der Waals surface area contributed by atoms with Crippen molar-refractivity contribution in [1.82, 2.24) is 4.98 Å². The van der Waals surface area contributed by atoms with Gasteiger partial charge in [-0.05, 0) is 61.5 Å². The summed E-state index contributed by atoms with van der Waals surface area (Å²) in [6.07, 6.45) is 1.47. The molecule has 1 amide bonds. The number of halogens is 2. The van der Waals surface area contributed by atoms with Gasteiger partial charge in [0.15, 0.2) is 5.13 Å². The minimum absolute atomic E-state index is 0.0320. The number of sulfonamides is 2. The third-order valence-corrected chi connectivity index (χ3v) is 9.68.